The van der Waals surface area contributed by atoms with Gasteiger partial charge in [-0.05, 0) is 36.6 Å². The van der Waals surface area contributed by atoms with Gasteiger partial charge >= 0.3 is 0 Å². The SMILES string of the molecule is COc1ccc(CN=C(NCCC(O)c2ccccc2)NCc2nnc(C)n2C)cc1.I. The van der Waals surface area contributed by atoms with Gasteiger partial charge in [0.1, 0.15) is 11.6 Å². The normalized spacial score (nSPS) is 12.1. The van der Waals surface area contributed by atoms with Crippen LogP contribution in [0.5, 0.6) is 5.75 Å². The van der Waals surface area contributed by atoms with E-state index in [1.54, 1.807) is 7.11 Å². The van der Waals surface area contributed by atoms with Gasteiger partial charge in [0.15, 0.2) is 11.8 Å². The number of hydrogen-bond donors (Lipinski definition) is 3. The quantitative estimate of drug-likeness (QED) is 0.215. The van der Waals surface area contributed by atoms with Crippen molar-refractivity contribution in [1.29, 1.82) is 0 Å². The van der Waals surface area contributed by atoms with Gasteiger partial charge in [-0.3, -0.25) is 0 Å². The second-order valence-electron chi connectivity index (χ2n) is 7.23. The summed E-state index contributed by atoms with van der Waals surface area (Å²) in [4.78, 5) is 4.69. The van der Waals surface area contributed by atoms with Crippen LogP contribution in [0.15, 0.2) is 59.6 Å². The summed E-state index contributed by atoms with van der Waals surface area (Å²) in [5, 5.41) is 25.3. The Kier molecular flexibility index (Phi) is 10.4. The molecule has 0 fully saturated rings. The number of nitrogens with zero attached hydrogens (tertiary/aromatic N) is 4. The molecule has 3 aromatic rings. The van der Waals surface area contributed by atoms with E-state index in [2.05, 4.69) is 25.8 Å². The number of aryl methyl sites for hydroxylation is 1. The molecule has 9 heteroatoms. The first-order valence-electron chi connectivity index (χ1n) is 10.3. The number of aliphatic hydroxyl groups is 1. The molecule has 172 valence electrons. The third kappa shape index (κ3) is 7.49. The van der Waals surface area contributed by atoms with E-state index in [1.165, 1.54) is 0 Å². The van der Waals surface area contributed by atoms with Crippen molar-refractivity contribution in [3.8, 4) is 5.75 Å². The molecular weight excluding hydrogens is 519 g/mol. The molecule has 0 aliphatic rings. The zero-order valence-corrected chi connectivity index (χ0v) is 21.0. The average molecular weight is 550 g/mol. The highest BCUT2D eigenvalue weighted by Gasteiger charge is 2.09. The van der Waals surface area contributed by atoms with Gasteiger partial charge in [0.05, 0.1) is 26.3 Å². The van der Waals surface area contributed by atoms with Gasteiger partial charge in [-0.25, -0.2) is 4.99 Å². The van der Waals surface area contributed by atoms with E-state index in [-0.39, 0.29) is 24.0 Å². The fourth-order valence-electron chi connectivity index (χ4n) is 3.01. The number of nitrogens with one attached hydrogen (secondary N) is 2. The second kappa shape index (κ2) is 13.0. The lowest BCUT2D eigenvalue weighted by atomic mass is 10.1. The predicted molar refractivity (Wildman–Crippen MR) is 136 cm³/mol. The minimum atomic E-state index is -0.530. The number of rotatable bonds is 9. The summed E-state index contributed by atoms with van der Waals surface area (Å²) >= 11 is 0. The Balaban J connectivity index is 0.00000363. The van der Waals surface area contributed by atoms with Crippen molar-refractivity contribution in [1.82, 2.24) is 25.4 Å². The van der Waals surface area contributed by atoms with Gasteiger partial charge in [0.25, 0.3) is 0 Å². The smallest absolute Gasteiger partial charge is 0.191 e. The standard InChI is InChI=1S/C23H30N6O2.HI/c1-17-27-28-22(29(17)2)16-26-23(25-15-18-9-11-20(31-3)12-10-18)24-14-13-21(30)19-7-5-4-6-8-19;/h4-12,21,30H,13-16H2,1-3H3,(H2,24,25,26);1H. The fraction of sp³-hybridized carbons (Fsp3) is 0.348. The van der Waals surface area contributed by atoms with Crippen molar-refractivity contribution >= 4 is 29.9 Å². The fourth-order valence-corrected chi connectivity index (χ4v) is 3.01. The highest BCUT2D eigenvalue weighted by molar-refractivity contribution is 14.0. The largest absolute Gasteiger partial charge is 0.497 e. The van der Waals surface area contributed by atoms with Crippen molar-refractivity contribution in [2.45, 2.75) is 32.5 Å². The monoisotopic (exact) mass is 550 g/mol. The third-order valence-corrected chi connectivity index (χ3v) is 5.07. The number of aliphatic imine (C=N–C) groups is 1. The lowest BCUT2D eigenvalue weighted by Crippen LogP contribution is -2.38. The van der Waals surface area contributed by atoms with Crippen LogP contribution in [0, 0.1) is 6.92 Å². The molecule has 0 aliphatic carbocycles. The van der Waals surface area contributed by atoms with Crippen LogP contribution in [-0.4, -0.2) is 39.5 Å². The van der Waals surface area contributed by atoms with Gasteiger partial charge in [0, 0.05) is 13.6 Å². The molecule has 0 bridgehead atoms. The minimum Gasteiger partial charge on any atom is -0.497 e. The van der Waals surface area contributed by atoms with Crippen molar-refractivity contribution in [3.63, 3.8) is 0 Å². The summed E-state index contributed by atoms with van der Waals surface area (Å²) in [5.74, 6) is 3.14. The summed E-state index contributed by atoms with van der Waals surface area (Å²) in [6.07, 6.45) is 0.0361. The molecule has 0 saturated carbocycles. The lowest BCUT2D eigenvalue weighted by molar-refractivity contribution is 0.168. The zero-order chi connectivity index (χ0) is 22.1. The molecular formula is C23H31IN6O2. The summed E-state index contributed by atoms with van der Waals surface area (Å²) in [6, 6.07) is 17.5. The van der Waals surface area contributed by atoms with Crippen LogP contribution in [0.2, 0.25) is 0 Å². The number of halogens is 1. The van der Waals surface area contributed by atoms with Gasteiger partial charge in [-0.15, -0.1) is 34.2 Å². The van der Waals surface area contributed by atoms with Crippen LogP contribution in [0.3, 0.4) is 0 Å². The zero-order valence-electron chi connectivity index (χ0n) is 18.7. The molecule has 3 rings (SSSR count). The first-order chi connectivity index (χ1) is 15.1. The molecule has 1 aromatic heterocycles. The number of benzene rings is 2. The number of hydrogen-bond acceptors (Lipinski definition) is 5. The Morgan fingerprint density at radius 2 is 1.81 bits per heavy atom. The summed E-state index contributed by atoms with van der Waals surface area (Å²) in [5.41, 5.74) is 1.98. The molecule has 0 spiro atoms. The molecule has 1 atom stereocenters. The number of ether oxygens (including phenoxy) is 1. The molecule has 32 heavy (non-hydrogen) atoms. The molecule has 3 N–H and O–H groups in total. The molecule has 0 aliphatic heterocycles. The number of guanidine groups is 1. The first kappa shape index (κ1) is 25.6. The van der Waals surface area contributed by atoms with Crippen LogP contribution >= 0.6 is 24.0 Å². The molecule has 0 saturated heterocycles. The molecule has 1 heterocycles. The minimum absolute atomic E-state index is 0. The van der Waals surface area contributed by atoms with Crippen LogP contribution < -0.4 is 15.4 Å². The molecule has 2 aromatic carbocycles. The van der Waals surface area contributed by atoms with E-state index in [0.29, 0.717) is 32.0 Å². The van der Waals surface area contributed by atoms with E-state index in [9.17, 15) is 5.11 Å². The highest BCUT2D eigenvalue weighted by atomic mass is 127. The Morgan fingerprint density at radius 1 is 1.09 bits per heavy atom. The van der Waals surface area contributed by atoms with Crippen LogP contribution in [0.1, 0.15) is 35.3 Å². The number of methoxy groups -OCH3 is 1. The Bertz CT molecular complexity index is 976. The van der Waals surface area contributed by atoms with E-state index in [0.717, 1.165) is 28.5 Å². The predicted octanol–water partition coefficient (Wildman–Crippen LogP) is 3.11. The van der Waals surface area contributed by atoms with Crippen LogP contribution in [-0.2, 0) is 20.1 Å². The van der Waals surface area contributed by atoms with E-state index >= 15 is 0 Å². The van der Waals surface area contributed by atoms with Crippen molar-refractivity contribution in [3.05, 3.63) is 77.4 Å². The van der Waals surface area contributed by atoms with Crippen molar-refractivity contribution in [2.75, 3.05) is 13.7 Å². The molecule has 0 radical (unpaired) electrons. The van der Waals surface area contributed by atoms with E-state index in [4.69, 9.17) is 4.74 Å². The maximum Gasteiger partial charge on any atom is 0.191 e. The summed E-state index contributed by atoms with van der Waals surface area (Å²) in [6.45, 7) is 3.49. The van der Waals surface area contributed by atoms with E-state index < -0.39 is 6.10 Å². The maximum atomic E-state index is 10.4. The van der Waals surface area contributed by atoms with Crippen molar-refractivity contribution < 1.29 is 9.84 Å². The number of aliphatic hydroxyl groups excluding tert-OH is 1. The van der Waals surface area contributed by atoms with Gasteiger partial charge in [0.2, 0.25) is 0 Å². The topological polar surface area (TPSA) is 96.6 Å². The summed E-state index contributed by atoms with van der Waals surface area (Å²) < 4.78 is 7.15. The number of aromatic nitrogens is 3. The van der Waals surface area contributed by atoms with E-state index in [1.807, 2.05) is 73.1 Å². The second-order valence-corrected chi connectivity index (χ2v) is 7.23. The molecule has 1 unspecified atom stereocenters. The van der Waals surface area contributed by atoms with Crippen LogP contribution in [0.25, 0.3) is 0 Å². The third-order valence-electron chi connectivity index (χ3n) is 5.07. The molecule has 8 nitrogen and oxygen atoms in total. The first-order valence-corrected chi connectivity index (χ1v) is 10.3. The Morgan fingerprint density at radius 3 is 2.44 bits per heavy atom. The Hall–Kier alpha value is -2.66. The highest BCUT2D eigenvalue weighted by Crippen LogP contribution is 2.15. The molecule has 0 amide bonds. The lowest BCUT2D eigenvalue weighted by Gasteiger charge is -2.15. The van der Waals surface area contributed by atoms with Crippen LogP contribution in [0.4, 0.5) is 0 Å². The summed E-state index contributed by atoms with van der Waals surface area (Å²) in [7, 11) is 3.58. The maximum absolute atomic E-state index is 10.4. The van der Waals surface area contributed by atoms with Crippen molar-refractivity contribution in [2.24, 2.45) is 12.0 Å². The van der Waals surface area contributed by atoms with Gasteiger partial charge in [-0.2, -0.15) is 0 Å². The Labute approximate surface area is 206 Å². The van der Waals surface area contributed by atoms with Gasteiger partial charge in [-0.1, -0.05) is 42.5 Å². The van der Waals surface area contributed by atoms with Gasteiger partial charge < -0.3 is 25.0 Å². The average Bonchev–Trinajstić information content (AvgIpc) is 3.13.